The van der Waals surface area contributed by atoms with Crippen molar-refractivity contribution in [2.45, 2.75) is 18.7 Å². The third-order valence-corrected chi connectivity index (χ3v) is 3.62. The van der Waals surface area contributed by atoms with Crippen LogP contribution in [0.25, 0.3) is 0 Å². The van der Waals surface area contributed by atoms with Crippen LogP contribution < -0.4 is 5.32 Å². The van der Waals surface area contributed by atoms with Crippen LogP contribution in [0.15, 0.2) is 64.7 Å². The Bertz CT molecular complexity index is 647. The van der Waals surface area contributed by atoms with Crippen LogP contribution in [-0.4, -0.2) is 5.91 Å². The summed E-state index contributed by atoms with van der Waals surface area (Å²) in [6.45, 7) is 3.93. The average molecular weight is 301 g/mol. The lowest BCUT2D eigenvalue weighted by Crippen LogP contribution is -2.08. The van der Waals surface area contributed by atoms with E-state index >= 15 is 0 Å². The summed E-state index contributed by atoms with van der Waals surface area (Å²) in [5.74, 6) is -0.476. The van der Waals surface area contributed by atoms with Gasteiger partial charge in [-0.15, -0.1) is 0 Å². The number of benzene rings is 2. The molecule has 0 aliphatic heterocycles. The molecule has 0 spiro atoms. The van der Waals surface area contributed by atoms with Gasteiger partial charge >= 0.3 is 0 Å². The van der Waals surface area contributed by atoms with Crippen molar-refractivity contribution >= 4 is 23.4 Å². The van der Waals surface area contributed by atoms with Gasteiger partial charge in [-0.25, -0.2) is 0 Å². The molecule has 0 bridgehead atoms. The van der Waals surface area contributed by atoms with Crippen molar-refractivity contribution in [3.63, 3.8) is 0 Å². The molecule has 0 atom stereocenters. The molecule has 0 radical (unpaired) electrons. The molecule has 4 heteroatoms. The van der Waals surface area contributed by atoms with Crippen molar-refractivity contribution in [2.24, 2.45) is 0 Å². The van der Waals surface area contributed by atoms with Gasteiger partial charge in [-0.2, -0.15) is 4.39 Å². The lowest BCUT2D eigenvalue weighted by Gasteiger charge is -2.03. The van der Waals surface area contributed by atoms with Crippen LogP contribution >= 0.6 is 11.8 Å². The van der Waals surface area contributed by atoms with Crippen LogP contribution in [0.4, 0.5) is 10.1 Å². The number of hydrogen-bond acceptors (Lipinski definition) is 2. The van der Waals surface area contributed by atoms with E-state index in [2.05, 4.69) is 5.32 Å². The van der Waals surface area contributed by atoms with Crippen molar-refractivity contribution in [1.82, 2.24) is 0 Å². The quantitative estimate of drug-likeness (QED) is 0.646. The first kappa shape index (κ1) is 15.3. The Balaban J connectivity index is 1.96. The van der Waals surface area contributed by atoms with E-state index < -0.39 is 11.1 Å². The van der Waals surface area contributed by atoms with Gasteiger partial charge in [0.15, 0.2) is 5.16 Å². The second-order valence-corrected chi connectivity index (χ2v) is 5.78. The van der Waals surface area contributed by atoms with Crippen LogP contribution in [0.1, 0.15) is 11.1 Å². The van der Waals surface area contributed by atoms with Gasteiger partial charge in [-0.05, 0) is 38.1 Å². The third-order valence-electron chi connectivity index (χ3n) is 2.80. The maximum absolute atomic E-state index is 13.8. The molecule has 2 aromatic rings. The van der Waals surface area contributed by atoms with Gasteiger partial charge in [0.2, 0.25) is 0 Å². The van der Waals surface area contributed by atoms with Crippen LogP contribution in [0.3, 0.4) is 0 Å². The van der Waals surface area contributed by atoms with Gasteiger partial charge in [0.1, 0.15) is 0 Å². The van der Waals surface area contributed by atoms with E-state index in [1.807, 2.05) is 50.2 Å². The van der Waals surface area contributed by atoms with Gasteiger partial charge in [0, 0.05) is 16.7 Å². The molecule has 1 amide bonds. The van der Waals surface area contributed by atoms with Gasteiger partial charge < -0.3 is 5.32 Å². The van der Waals surface area contributed by atoms with Crippen molar-refractivity contribution in [3.8, 4) is 0 Å². The number of amides is 1. The first-order valence-electron chi connectivity index (χ1n) is 6.52. The van der Waals surface area contributed by atoms with Crippen molar-refractivity contribution in [3.05, 3.63) is 70.9 Å². The molecular weight excluding hydrogens is 285 g/mol. The largest absolute Gasteiger partial charge is 0.322 e. The maximum Gasteiger partial charge on any atom is 0.251 e. The third kappa shape index (κ3) is 5.08. The fourth-order valence-electron chi connectivity index (χ4n) is 1.67. The maximum atomic E-state index is 13.8. The highest BCUT2D eigenvalue weighted by Crippen LogP contribution is 2.27. The molecule has 0 heterocycles. The zero-order chi connectivity index (χ0) is 15.2. The zero-order valence-electron chi connectivity index (χ0n) is 11.9. The van der Waals surface area contributed by atoms with E-state index in [0.717, 1.165) is 33.9 Å². The molecule has 2 aromatic carbocycles. The summed E-state index contributed by atoms with van der Waals surface area (Å²) < 4.78 is 13.8. The summed E-state index contributed by atoms with van der Waals surface area (Å²) in [5, 5.41) is 2.09. The van der Waals surface area contributed by atoms with Crippen LogP contribution in [0, 0.1) is 13.8 Å². The lowest BCUT2D eigenvalue weighted by molar-refractivity contribution is -0.112. The van der Waals surface area contributed by atoms with Gasteiger partial charge in [0.05, 0.1) is 0 Å². The molecule has 0 aliphatic rings. The molecule has 21 heavy (non-hydrogen) atoms. The Morgan fingerprint density at radius 3 is 2.10 bits per heavy atom. The molecule has 0 saturated heterocycles. The number of halogens is 1. The summed E-state index contributed by atoms with van der Waals surface area (Å²) in [5.41, 5.74) is 2.86. The van der Waals surface area contributed by atoms with E-state index in [4.69, 9.17) is 0 Å². The Hall–Kier alpha value is -2.07. The Morgan fingerprint density at radius 2 is 1.52 bits per heavy atom. The number of nitrogens with one attached hydrogen (secondary N) is 1. The molecule has 0 aliphatic carbocycles. The Morgan fingerprint density at radius 1 is 1.00 bits per heavy atom. The number of hydrogen-bond donors (Lipinski definition) is 1. The van der Waals surface area contributed by atoms with Crippen molar-refractivity contribution in [1.29, 1.82) is 0 Å². The smallest absolute Gasteiger partial charge is 0.251 e. The van der Waals surface area contributed by atoms with Gasteiger partial charge in [-0.3, -0.25) is 4.79 Å². The molecule has 0 aromatic heterocycles. The molecular formula is C17H16FNOS. The minimum Gasteiger partial charge on any atom is -0.322 e. The summed E-state index contributed by atoms with van der Waals surface area (Å²) in [7, 11) is 0. The number of carbonyl (C=O) groups excluding carboxylic acids is 1. The Labute approximate surface area is 128 Å². The number of anilines is 1. The van der Waals surface area contributed by atoms with E-state index in [-0.39, 0.29) is 0 Å². The summed E-state index contributed by atoms with van der Waals surface area (Å²) >= 11 is 0.927. The molecule has 2 rings (SSSR count). The highest BCUT2D eigenvalue weighted by Gasteiger charge is 2.04. The minimum absolute atomic E-state index is 0.476. The standard InChI is InChI=1S/C17H16FNOS/c1-12-3-7-14(8-4-12)19-17(20)11-16(18)21-15-9-5-13(2)6-10-15/h3-11H,1-2H3,(H,19,20). The SMILES string of the molecule is Cc1ccc(NC(=O)C=C(F)Sc2ccc(C)cc2)cc1. The normalized spacial score (nSPS) is 11.3. The van der Waals surface area contributed by atoms with Crippen molar-refractivity contribution < 1.29 is 9.18 Å². The molecule has 1 N–H and O–H groups in total. The topological polar surface area (TPSA) is 29.1 Å². The molecule has 0 saturated carbocycles. The average Bonchev–Trinajstić information content (AvgIpc) is 2.44. The summed E-state index contributed by atoms with van der Waals surface area (Å²) in [6.07, 6.45) is 0.963. The number of carbonyl (C=O) groups is 1. The van der Waals surface area contributed by atoms with Crippen LogP contribution in [0.5, 0.6) is 0 Å². The first-order valence-corrected chi connectivity index (χ1v) is 7.34. The summed E-state index contributed by atoms with van der Waals surface area (Å²) in [4.78, 5) is 12.5. The number of thioether (sulfide) groups is 1. The highest BCUT2D eigenvalue weighted by atomic mass is 32.2. The van der Waals surface area contributed by atoms with E-state index in [0.29, 0.717) is 5.69 Å². The van der Waals surface area contributed by atoms with Gasteiger partial charge in [0.25, 0.3) is 5.91 Å². The van der Waals surface area contributed by atoms with Crippen LogP contribution in [-0.2, 0) is 4.79 Å². The Kier molecular flexibility index (Phi) is 5.17. The summed E-state index contributed by atoms with van der Waals surface area (Å²) in [6, 6.07) is 14.8. The first-order chi connectivity index (χ1) is 10.0. The molecule has 0 unspecified atom stereocenters. The van der Waals surface area contributed by atoms with Gasteiger partial charge in [-0.1, -0.05) is 47.2 Å². The van der Waals surface area contributed by atoms with E-state index in [1.54, 1.807) is 12.1 Å². The fourth-order valence-corrected chi connectivity index (χ4v) is 2.33. The second kappa shape index (κ2) is 7.09. The van der Waals surface area contributed by atoms with E-state index in [1.165, 1.54) is 0 Å². The lowest BCUT2D eigenvalue weighted by atomic mass is 10.2. The van der Waals surface area contributed by atoms with Crippen LogP contribution in [0.2, 0.25) is 0 Å². The molecule has 2 nitrogen and oxygen atoms in total. The van der Waals surface area contributed by atoms with E-state index in [9.17, 15) is 9.18 Å². The number of aryl methyl sites for hydroxylation is 2. The fraction of sp³-hybridized carbons (Fsp3) is 0.118. The predicted octanol–water partition coefficient (Wildman–Crippen LogP) is 4.85. The van der Waals surface area contributed by atoms with Crippen molar-refractivity contribution in [2.75, 3.05) is 5.32 Å². The minimum atomic E-state index is -0.538. The zero-order valence-corrected chi connectivity index (χ0v) is 12.7. The highest BCUT2D eigenvalue weighted by molar-refractivity contribution is 8.02. The molecule has 108 valence electrons. The second-order valence-electron chi connectivity index (χ2n) is 4.72. The molecule has 0 fully saturated rings. The monoisotopic (exact) mass is 301 g/mol. The number of rotatable bonds is 4. The predicted molar refractivity (Wildman–Crippen MR) is 86.0 cm³/mol.